The number of hydrogen-bond donors (Lipinski definition) is 0. The molecule has 0 amide bonds. The third-order valence-corrected chi connectivity index (χ3v) is 5.49. The van der Waals surface area contributed by atoms with Crippen molar-refractivity contribution in [1.29, 1.82) is 0 Å². The molecular formula is C26H15ClN4O5. The van der Waals surface area contributed by atoms with Gasteiger partial charge in [-0.25, -0.2) is 4.98 Å². The predicted molar refractivity (Wildman–Crippen MR) is 137 cm³/mol. The number of benzene rings is 3. The number of nitro groups is 1. The molecule has 0 aliphatic rings. The van der Waals surface area contributed by atoms with Crippen molar-refractivity contribution < 1.29 is 14.1 Å². The molecule has 36 heavy (non-hydrogen) atoms. The molecule has 0 spiro atoms. The van der Waals surface area contributed by atoms with Crippen LogP contribution in [0.4, 0.5) is 5.69 Å². The highest BCUT2D eigenvalue weighted by atomic mass is 35.5. The van der Waals surface area contributed by atoms with Gasteiger partial charge in [0.05, 0.1) is 22.0 Å². The molecule has 0 unspecified atom stereocenters. The van der Waals surface area contributed by atoms with Crippen LogP contribution < -0.4 is 10.3 Å². The average molecular weight is 499 g/mol. The molecule has 0 bridgehead atoms. The van der Waals surface area contributed by atoms with Crippen LogP contribution in [0.3, 0.4) is 0 Å². The monoisotopic (exact) mass is 498 g/mol. The number of terminal acetylenes is 1. The molecule has 5 rings (SSSR count). The van der Waals surface area contributed by atoms with Crippen molar-refractivity contribution in [3.8, 4) is 29.7 Å². The highest BCUT2D eigenvalue weighted by Crippen LogP contribution is 2.34. The smallest absolute Gasteiger partial charge is 0.313 e. The molecule has 0 aliphatic carbocycles. The van der Waals surface area contributed by atoms with Gasteiger partial charge >= 0.3 is 5.69 Å². The van der Waals surface area contributed by atoms with E-state index in [-0.39, 0.29) is 34.5 Å². The summed E-state index contributed by atoms with van der Waals surface area (Å²) in [5.74, 6) is 2.61. The van der Waals surface area contributed by atoms with Crippen molar-refractivity contribution in [2.45, 2.75) is 0 Å². The Bertz CT molecular complexity index is 1750. The fraction of sp³-hybridized carbons (Fsp3) is 0.0385. The lowest BCUT2D eigenvalue weighted by Crippen LogP contribution is -2.20. The van der Waals surface area contributed by atoms with Crippen molar-refractivity contribution in [3.63, 3.8) is 0 Å². The Hall–Kier alpha value is -4.94. The standard InChI is InChI=1S/C26H15ClN4O5/c1-2-11-35-24-17(12-18(27)14-21(24)31(33)34)15-28-30-25(23-13-16-7-3-6-10-22(16)36-23)29-20-9-5-4-8-19(20)26(30)32/h1,3-10,12-15H,11H2. The van der Waals surface area contributed by atoms with Crippen LogP contribution >= 0.6 is 11.6 Å². The molecule has 10 heteroatoms. The topological polar surface area (TPSA) is 113 Å². The molecule has 0 N–H and O–H groups in total. The SMILES string of the molecule is C#CCOc1c(C=Nn2c(-c3cc4ccccc4o3)nc3ccccc3c2=O)cc(Cl)cc1[N+](=O)[O-]. The summed E-state index contributed by atoms with van der Waals surface area (Å²) in [6.07, 6.45) is 6.50. The lowest BCUT2D eigenvalue weighted by atomic mass is 10.2. The molecule has 2 aromatic heterocycles. The Labute approximate surface area is 208 Å². The fourth-order valence-corrected chi connectivity index (χ4v) is 3.93. The molecule has 0 aliphatic heterocycles. The number of para-hydroxylation sites is 2. The molecule has 3 aromatic carbocycles. The van der Waals surface area contributed by atoms with Gasteiger partial charge in [-0.2, -0.15) is 9.78 Å². The second-order valence-electron chi connectivity index (χ2n) is 7.56. The first kappa shape index (κ1) is 22.8. The van der Waals surface area contributed by atoms with Crippen LogP contribution in [-0.2, 0) is 0 Å². The van der Waals surface area contributed by atoms with E-state index in [0.717, 1.165) is 16.1 Å². The quantitative estimate of drug-likeness (QED) is 0.136. The van der Waals surface area contributed by atoms with Crippen LogP contribution in [0.25, 0.3) is 33.5 Å². The highest BCUT2D eigenvalue weighted by Gasteiger charge is 2.21. The molecule has 176 valence electrons. The fourth-order valence-electron chi connectivity index (χ4n) is 3.70. The summed E-state index contributed by atoms with van der Waals surface area (Å²) in [6.45, 7) is -0.217. The van der Waals surface area contributed by atoms with Crippen LogP contribution in [0, 0.1) is 22.5 Å². The Kier molecular flexibility index (Phi) is 5.94. The normalized spacial score (nSPS) is 11.2. The zero-order valence-electron chi connectivity index (χ0n) is 18.4. The van der Waals surface area contributed by atoms with Crippen molar-refractivity contribution >= 4 is 45.4 Å². The molecular weight excluding hydrogens is 484 g/mol. The van der Waals surface area contributed by atoms with Gasteiger partial charge in [0.25, 0.3) is 5.56 Å². The number of nitro benzene ring substituents is 1. The largest absolute Gasteiger partial charge is 0.473 e. The van der Waals surface area contributed by atoms with Crippen LogP contribution in [-0.4, -0.2) is 27.4 Å². The van der Waals surface area contributed by atoms with Crippen LogP contribution in [0.1, 0.15) is 5.56 Å². The van der Waals surface area contributed by atoms with Gasteiger partial charge in [0.2, 0.25) is 11.6 Å². The number of ether oxygens (including phenoxy) is 1. The highest BCUT2D eigenvalue weighted by molar-refractivity contribution is 6.31. The summed E-state index contributed by atoms with van der Waals surface area (Å²) >= 11 is 6.11. The van der Waals surface area contributed by atoms with E-state index in [1.807, 2.05) is 18.2 Å². The maximum Gasteiger partial charge on any atom is 0.313 e. The van der Waals surface area contributed by atoms with E-state index in [1.165, 1.54) is 12.3 Å². The molecule has 5 aromatic rings. The number of rotatable bonds is 6. The molecule has 0 radical (unpaired) electrons. The summed E-state index contributed by atoms with van der Waals surface area (Å²) in [4.78, 5) is 29.0. The molecule has 0 atom stereocenters. The Morgan fingerprint density at radius 1 is 1.19 bits per heavy atom. The maximum atomic E-state index is 13.4. The Morgan fingerprint density at radius 3 is 2.75 bits per heavy atom. The van der Waals surface area contributed by atoms with E-state index in [4.69, 9.17) is 27.2 Å². The van der Waals surface area contributed by atoms with Crippen LogP contribution in [0.2, 0.25) is 5.02 Å². The molecule has 0 fully saturated rings. The van der Waals surface area contributed by atoms with Gasteiger partial charge in [-0.05, 0) is 30.3 Å². The van der Waals surface area contributed by atoms with Gasteiger partial charge in [-0.15, -0.1) is 6.42 Å². The number of hydrogen-bond acceptors (Lipinski definition) is 7. The first-order chi connectivity index (χ1) is 17.5. The summed E-state index contributed by atoms with van der Waals surface area (Å²) in [5.41, 5.74) is 0.373. The number of halogens is 1. The number of furan rings is 1. The van der Waals surface area contributed by atoms with Crippen LogP contribution in [0.15, 0.2) is 81.0 Å². The lowest BCUT2D eigenvalue weighted by molar-refractivity contribution is -0.385. The van der Waals surface area contributed by atoms with Gasteiger partial charge < -0.3 is 9.15 Å². The second kappa shape index (κ2) is 9.37. The summed E-state index contributed by atoms with van der Waals surface area (Å²) in [6, 6.07) is 18.5. The van der Waals surface area contributed by atoms with E-state index < -0.39 is 10.5 Å². The van der Waals surface area contributed by atoms with Crippen molar-refractivity contribution in [3.05, 3.63) is 97.8 Å². The Morgan fingerprint density at radius 2 is 1.97 bits per heavy atom. The van der Waals surface area contributed by atoms with Gasteiger partial charge in [0.1, 0.15) is 12.2 Å². The van der Waals surface area contributed by atoms with E-state index in [2.05, 4.69) is 16.0 Å². The summed E-state index contributed by atoms with van der Waals surface area (Å²) in [7, 11) is 0. The summed E-state index contributed by atoms with van der Waals surface area (Å²) in [5, 5.41) is 17.1. The van der Waals surface area contributed by atoms with Gasteiger partial charge in [0.15, 0.2) is 5.76 Å². The number of nitrogens with zero attached hydrogens (tertiary/aromatic N) is 4. The first-order valence-electron chi connectivity index (χ1n) is 10.6. The first-order valence-corrected chi connectivity index (χ1v) is 10.9. The van der Waals surface area contributed by atoms with Crippen LogP contribution in [0.5, 0.6) is 5.75 Å². The van der Waals surface area contributed by atoms with E-state index in [9.17, 15) is 14.9 Å². The van der Waals surface area contributed by atoms with Gasteiger partial charge in [-0.3, -0.25) is 14.9 Å². The van der Waals surface area contributed by atoms with Crippen molar-refractivity contribution in [2.24, 2.45) is 5.10 Å². The zero-order valence-corrected chi connectivity index (χ0v) is 19.2. The minimum atomic E-state index is -0.640. The minimum Gasteiger partial charge on any atom is -0.473 e. The third-order valence-electron chi connectivity index (χ3n) is 5.27. The second-order valence-corrected chi connectivity index (χ2v) is 7.99. The molecule has 0 saturated carbocycles. The minimum absolute atomic E-state index is 0.0812. The number of aromatic nitrogens is 2. The van der Waals surface area contributed by atoms with E-state index in [1.54, 1.807) is 36.4 Å². The predicted octanol–water partition coefficient (Wildman–Crippen LogP) is 5.27. The third kappa shape index (κ3) is 4.17. The van der Waals surface area contributed by atoms with E-state index >= 15 is 0 Å². The van der Waals surface area contributed by atoms with Crippen molar-refractivity contribution in [2.75, 3.05) is 6.61 Å². The zero-order chi connectivity index (χ0) is 25.2. The molecule has 2 heterocycles. The average Bonchev–Trinajstić information content (AvgIpc) is 3.31. The molecule has 0 saturated heterocycles. The number of fused-ring (bicyclic) bond motifs is 2. The van der Waals surface area contributed by atoms with Gasteiger partial charge in [0, 0.05) is 22.0 Å². The van der Waals surface area contributed by atoms with E-state index in [0.29, 0.717) is 22.2 Å². The molecule has 9 nitrogen and oxygen atoms in total. The van der Waals surface area contributed by atoms with Crippen molar-refractivity contribution in [1.82, 2.24) is 9.66 Å². The Balaban J connectivity index is 1.73. The lowest BCUT2D eigenvalue weighted by Gasteiger charge is -2.09. The van der Waals surface area contributed by atoms with Gasteiger partial charge in [-0.1, -0.05) is 47.9 Å². The summed E-state index contributed by atoms with van der Waals surface area (Å²) < 4.78 is 12.4. The maximum absolute atomic E-state index is 13.4.